The normalized spacial score (nSPS) is 13.8. The molecule has 0 aromatic heterocycles. The number of hydrogen-bond acceptors (Lipinski definition) is 3. The highest BCUT2D eigenvalue weighted by Crippen LogP contribution is 2.21. The second-order valence-corrected chi connectivity index (χ2v) is 6.11. The number of amides is 1. The van der Waals surface area contributed by atoms with E-state index in [0.29, 0.717) is 0 Å². The summed E-state index contributed by atoms with van der Waals surface area (Å²) in [7, 11) is 3.90. The first-order chi connectivity index (χ1) is 9.80. The SMILES string of the molecule is CNC(C)(CCCCN(C)c1ccc(C)cc1C)C(N)=O. The van der Waals surface area contributed by atoms with Gasteiger partial charge in [-0.15, -0.1) is 0 Å². The third kappa shape index (κ3) is 4.74. The predicted molar refractivity (Wildman–Crippen MR) is 89.7 cm³/mol. The summed E-state index contributed by atoms with van der Waals surface area (Å²) in [6, 6.07) is 6.52. The molecule has 0 aliphatic heterocycles. The summed E-state index contributed by atoms with van der Waals surface area (Å²) >= 11 is 0. The second kappa shape index (κ2) is 7.46. The van der Waals surface area contributed by atoms with Crippen LogP contribution in [-0.4, -0.2) is 32.1 Å². The first-order valence-corrected chi connectivity index (χ1v) is 7.57. The molecule has 0 spiro atoms. The molecule has 1 unspecified atom stereocenters. The maximum atomic E-state index is 11.4. The van der Waals surface area contributed by atoms with Crippen molar-refractivity contribution in [1.82, 2.24) is 5.32 Å². The Balaban J connectivity index is 2.47. The smallest absolute Gasteiger partial charge is 0.237 e. The van der Waals surface area contributed by atoms with Crippen LogP contribution in [0.2, 0.25) is 0 Å². The Morgan fingerprint density at radius 3 is 2.52 bits per heavy atom. The van der Waals surface area contributed by atoms with Crippen molar-refractivity contribution in [2.45, 2.75) is 45.6 Å². The van der Waals surface area contributed by atoms with Gasteiger partial charge in [0, 0.05) is 19.3 Å². The molecule has 0 aliphatic rings. The minimum Gasteiger partial charge on any atom is -0.374 e. The number of carbonyl (C=O) groups is 1. The number of anilines is 1. The van der Waals surface area contributed by atoms with Crippen LogP contribution in [0.1, 0.15) is 37.3 Å². The van der Waals surface area contributed by atoms with Crippen molar-refractivity contribution >= 4 is 11.6 Å². The lowest BCUT2D eigenvalue weighted by Crippen LogP contribution is -2.51. The van der Waals surface area contributed by atoms with E-state index in [0.717, 1.165) is 25.8 Å². The second-order valence-electron chi connectivity index (χ2n) is 6.11. The summed E-state index contributed by atoms with van der Waals surface area (Å²) < 4.78 is 0. The van der Waals surface area contributed by atoms with Gasteiger partial charge in [-0.05, 0) is 58.7 Å². The molecule has 1 aromatic rings. The van der Waals surface area contributed by atoms with Crippen molar-refractivity contribution in [3.63, 3.8) is 0 Å². The van der Waals surface area contributed by atoms with Crippen LogP contribution in [0.3, 0.4) is 0 Å². The molecule has 0 saturated heterocycles. The van der Waals surface area contributed by atoms with Crippen molar-refractivity contribution < 1.29 is 4.79 Å². The Hall–Kier alpha value is -1.55. The Kier molecular flexibility index (Phi) is 6.21. The molecule has 4 heteroatoms. The molecule has 118 valence electrons. The van der Waals surface area contributed by atoms with Crippen molar-refractivity contribution in [3.8, 4) is 0 Å². The van der Waals surface area contributed by atoms with Gasteiger partial charge in [0.05, 0.1) is 5.54 Å². The van der Waals surface area contributed by atoms with Crippen LogP contribution in [-0.2, 0) is 4.79 Å². The number of nitrogens with one attached hydrogen (secondary N) is 1. The number of nitrogens with two attached hydrogens (primary N) is 1. The van der Waals surface area contributed by atoms with E-state index in [4.69, 9.17) is 5.73 Å². The Bertz CT molecular complexity index is 487. The number of hydrogen-bond donors (Lipinski definition) is 2. The summed E-state index contributed by atoms with van der Waals surface area (Å²) in [5.74, 6) is -0.285. The first-order valence-electron chi connectivity index (χ1n) is 7.57. The standard InChI is InChI=1S/C17H29N3O/c1-13-8-9-15(14(2)12-13)20(5)11-7-6-10-17(3,19-4)16(18)21/h8-9,12,19H,6-7,10-11H2,1-5H3,(H2,18,21). The molecule has 0 heterocycles. The van der Waals surface area contributed by atoms with E-state index in [1.807, 2.05) is 6.92 Å². The molecule has 1 aromatic carbocycles. The lowest BCUT2D eigenvalue weighted by atomic mass is 9.94. The number of carbonyl (C=O) groups excluding carboxylic acids is 1. The van der Waals surface area contributed by atoms with Crippen molar-refractivity contribution in [2.24, 2.45) is 5.73 Å². The van der Waals surface area contributed by atoms with Gasteiger partial charge in [-0.25, -0.2) is 0 Å². The highest BCUT2D eigenvalue weighted by Gasteiger charge is 2.27. The third-order valence-corrected chi connectivity index (χ3v) is 4.28. The number of primary amides is 1. The Morgan fingerprint density at radius 2 is 2.00 bits per heavy atom. The Labute approximate surface area is 128 Å². The fraction of sp³-hybridized carbons (Fsp3) is 0.588. The zero-order valence-electron chi connectivity index (χ0n) is 14.0. The summed E-state index contributed by atoms with van der Waals surface area (Å²) in [4.78, 5) is 13.7. The lowest BCUT2D eigenvalue weighted by molar-refractivity contribution is -0.123. The van der Waals surface area contributed by atoms with E-state index in [9.17, 15) is 4.79 Å². The molecule has 0 fully saturated rings. The third-order valence-electron chi connectivity index (χ3n) is 4.28. The number of nitrogens with zero attached hydrogens (tertiary/aromatic N) is 1. The van der Waals surface area contributed by atoms with Crippen molar-refractivity contribution in [1.29, 1.82) is 0 Å². The van der Waals surface area contributed by atoms with Gasteiger partial charge in [0.15, 0.2) is 0 Å². The summed E-state index contributed by atoms with van der Waals surface area (Å²) in [5, 5.41) is 3.02. The van der Waals surface area contributed by atoms with E-state index in [1.54, 1.807) is 7.05 Å². The van der Waals surface area contributed by atoms with Gasteiger partial charge in [-0.3, -0.25) is 4.79 Å². The predicted octanol–water partition coefficient (Wildman–Crippen LogP) is 2.37. The zero-order chi connectivity index (χ0) is 16.0. The fourth-order valence-electron chi connectivity index (χ4n) is 2.55. The molecule has 0 aliphatic carbocycles. The molecule has 3 N–H and O–H groups in total. The van der Waals surface area contributed by atoms with Gasteiger partial charge in [-0.2, -0.15) is 0 Å². The van der Waals surface area contributed by atoms with Crippen LogP contribution in [0.15, 0.2) is 18.2 Å². The molecule has 0 radical (unpaired) electrons. The minimum absolute atomic E-state index is 0.285. The number of aryl methyl sites for hydroxylation is 2. The van der Waals surface area contributed by atoms with E-state index in [2.05, 4.69) is 49.3 Å². The van der Waals surface area contributed by atoms with E-state index in [1.165, 1.54) is 16.8 Å². The van der Waals surface area contributed by atoms with E-state index >= 15 is 0 Å². The van der Waals surface area contributed by atoms with E-state index in [-0.39, 0.29) is 5.91 Å². The quantitative estimate of drug-likeness (QED) is 0.723. The van der Waals surface area contributed by atoms with Crippen LogP contribution >= 0.6 is 0 Å². The number of likely N-dealkylation sites (N-methyl/N-ethyl adjacent to an activating group) is 1. The Morgan fingerprint density at radius 1 is 1.33 bits per heavy atom. The monoisotopic (exact) mass is 291 g/mol. The number of unbranched alkanes of at least 4 members (excludes halogenated alkanes) is 1. The van der Waals surface area contributed by atoms with Crippen molar-refractivity contribution in [3.05, 3.63) is 29.3 Å². The van der Waals surface area contributed by atoms with Gasteiger partial charge in [0.2, 0.25) is 5.91 Å². The average molecular weight is 291 g/mol. The lowest BCUT2D eigenvalue weighted by Gasteiger charge is -2.26. The largest absolute Gasteiger partial charge is 0.374 e. The molecule has 0 bridgehead atoms. The van der Waals surface area contributed by atoms with E-state index < -0.39 is 5.54 Å². The van der Waals surface area contributed by atoms with Crippen LogP contribution in [0.5, 0.6) is 0 Å². The van der Waals surface area contributed by atoms with Gasteiger partial charge in [0.25, 0.3) is 0 Å². The van der Waals surface area contributed by atoms with Crippen LogP contribution in [0.25, 0.3) is 0 Å². The molecule has 1 amide bonds. The minimum atomic E-state index is -0.599. The van der Waals surface area contributed by atoms with Crippen LogP contribution in [0, 0.1) is 13.8 Å². The number of rotatable bonds is 8. The zero-order valence-corrected chi connectivity index (χ0v) is 14.0. The first kappa shape index (κ1) is 17.5. The van der Waals surface area contributed by atoms with Gasteiger partial charge in [-0.1, -0.05) is 17.7 Å². The highest BCUT2D eigenvalue weighted by atomic mass is 16.1. The number of benzene rings is 1. The summed E-state index contributed by atoms with van der Waals surface area (Å²) in [6.07, 6.45) is 2.77. The molecule has 21 heavy (non-hydrogen) atoms. The van der Waals surface area contributed by atoms with Crippen molar-refractivity contribution in [2.75, 3.05) is 25.5 Å². The van der Waals surface area contributed by atoms with Gasteiger partial charge in [0.1, 0.15) is 0 Å². The molecule has 1 atom stereocenters. The summed E-state index contributed by atoms with van der Waals surface area (Å²) in [5.41, 5.74) is 8.70. The highest BCUT2D eigenvalue weighted by molar-refractivity contribution is 5.84. The maximum absolute atomic E-state index is 11.4. The fourth-order valence-corrected chi connectivity index (χ4v) is 2.55. The summed E-state index contributed by atoms with van der Waals surface area (Å²) in [6.45, 7) is 7.09. The molecule has 1 rings (SSSR count). The van der Waals surface area contributed by atoms with Gasteiger partial charge >= 0.3 is 0 Å². The van der Waals surface area contributed by atoms with Crippen LogP contribution < -0.4 is 16.0 Å². The molecule has 4 nitrogen and oxygen atoms in total. The van der Waals surface area contributed by atoms with Crippen LogP contribution in [0.4, 0.5) is 5.69 Å². The molecular weight excluding hydrogens is 262 g/mol. The topological polar surface area (TPSA) is 58.4 Å². The maximum Gasteiger partial charge on any atom is 0.237 e. The van der Waals surface area contributed by atoms with Gasteiger partial charge < -0.3 is 16.0 Å². The molecule has 0 saturated carbocycles. The molecular formula is C17H29N3O. The average Bonchev–Trinajstić information content (AvgIpc) is 2.42.